The Morgan fingerprint density at radius 1 is 0.929 bits per heavy atom. The quantitative estimate of drug-likeness (QED) is 0.194. The first kappa shape index (κ1) is 22.9. The molecule has 0 saturated carbocycles. The number of ketones is 1. The van der Waals surface area contributed by atoms with Crippen molar-refractivity contribution >= 4 is 57.5 Å². The summed E-state index contributed by atoms with van der Waals surface area (Å²) in [5.74, 6) is -1.45. The van der Waals surface area contributed by atoms with Crippen molar-refractivity contribution < 1.29 is 24.5 Å². The van der Waals surface area contributed by atoms with Crippen LogP contribution in [0.5, 0.6) is 11.5 Å². The number of ether oxygens (including phenoxy) is 1. The fraction of sp³-hybridized carbons (Fsp3) is 0.300. The lowest BCUT2D eigenvalue weighted by molar-refractivity contribution is -0.152. The summed E-state index contributed by atoms with van der Waals surface area (Å²) in [5.41, 5.74) is 1.64. The number of hydrogen-bond acceptors (Lipinski definition) is 6. The van der Waals surface area contributed by atoms with Crippen LogP contribution in [0.15, 0.2) is 48.5 Å². The number of aromatic hydroxyl groups is 2. The number of carbonyl (C=O) groups excluding carboxylic acids is 2. The second-order valence-corrected chi connectivity index (χ2v) is 10.1. The van der Waals surface area contributed by atoms with Crippen molar-refractivity contribution in [1.29, 1.82) is 0 Å². The molecule has 0 unspecified atom stereocenters. The molecule has 150 valence electrons. The Morgan fingerprint density at radius 3 is 1.82 bits per heavy atom. The number of hydrogen-bond donors (Lipinski definition) is 2. The maximum Gasteiger partial charge on any atom is 0.316 e. The molecule has 2 atom stereocenters. The molecule has 0 saturated heterocycles. The predicted molar refractivity (Wildman–Crippen MR) is 122 cm³/mol. The highest BCUT2D eigenvalue weighted by Crippen LogP contribution is 2.25. The summed E-state index contributed by atoms with van der Waals surface area (Å²) < 4.78 is 6.88. The second-order valence-electron chi connectivity index (χ2n) is 6.22. The van der Waals surface area contributed by atoms with Gasteiger partial charge in [-0.1, -0.05) is 24.3 Å². The van der Waals surface area contributed by atoms with Crippen LogP contribution in [0, 0.1) is 5.92 Å². The molecule has 0 aliphatic heterocycles. The van der Waals surface area contributed by atoms with E-state index in [1.54, 1.807) is 44.6 Å². The molecule has 2 N–H and O–H groups in total. The Balaban J connectivity index is 2.26. The maximum absolute atomic E-state index is 13.3. The largest absolute Gasteiger partial charge is 0.508 e. The molecule has 6 nitrogen and oxygen atoms in total. The number of esters is 1. The monoisotopic (exact) mass is 609 g/mol. The van der Waals surface area contributed by atoms with E-state index in [0.29, 0.717) is 6.42 Å². The van der Waals surface area contributed by atoms with Crippen LogP contribution in [-0.4, -0.2) is 35.9 Å². The van der Waals surface area contributed by atoms with Crippen LogP contribution in [0.3, 0.4) is 0 Å². The zero-order chi connectivity index (χ0) is 20.7. The summed E-state index contributed by atoms with van der Waals surface area (Å²) in [6.45, 7) is 1.90. The average Bonchev–Trinajstić information content (AvgIpc) is 2.66. The number of carbonyl (C=O) groups is 2. The van der Waals surface area contributed by atoms with Gasteiger partial charge in [-0.15, -0.1) is 0 Å². The zero-order valence-corrected chi connectivity index (χ0v) is 19.5. The van der Waals surface area contributed by atoms with Crippen molar-refractivity contribution in [2.24, 2.45) is 5.92 Å². The van der Waals surface area contributed by atoms with Gasteiger partial charge in [0.25, 0.3) is 0 Å². The van der Waals surface area contributed by atoms with Gasteiger partial charge in [-0.3, -0.25) is 9.59 Å². The number of nitrogens with zero attached hydrogens (tertiary/aromatic N) is 1. The van der Waals surface area contributed by atoms with E-state index in [1.165, 1.54) is 12.1 Å². The number of phenols is 2. The highest BCUT2D eigenvalue weighted by Gasteiger charge is 2.36. The first-order chi connectivity index (χ1) is 13.3. The Kier molecular flexibility index (Phi) is 8.96. The minimum atomic E-state index is -0.946. The molecule has 2 aromatic rings. The lowest BCUT2D eigenvalue weighted by Gasteiger charge is -2.24. The Labute approximate surface area is 191 Å². The molecule has 0 aliphatic rings. The summed E-state index contributed by atoms with van der Waals surface area (Å²) in [4.78, 5) is 25.8. The molecule has 0 spiro atoms. The van der Waals surface area contributed by atoms with Gasteiger partial charge in [0.15, 0.2) is 5.78 Å². The minimum absolute atomic E-state index is 0.124. The van der Waals surface area contributed by atoms with Gasteiger partial charge in [0.1, 0.15) is 17.4 Å². The van der Waals surface area contributed by atoms with Gasteiger partial charge in [-0.05, 0) is 55.2 Å². The molecular weight excluding hydrogens is 588 g/mol. The van der Waals surface area contributed by atoms with Crippen LogP contribution in [0.2, 0.25) is 0 Å². The lowest BCUT2D eigenvalue weighted by atomic mass is 9.89. The summed E-state index contributed by atoms with van der Waals surface area (Å²) in [6.07, 6.45) is 0.599. The van der Waals surface area contributed by atoms with Gasteiger partial charge >= 0.3 is 5.97 Å². The molecule has 8 heteroatoms. The number of rotatable bonds is 9. The standard InChI is InChI=1S/C20H21I2NO5/c1-2-28-20(27)17(11-13-3-7-15(24)8-4-13)19(26)18(23(21)22)12-14-5-9-16(25)10-6-14/h3-10,17-18,24-25H,2,11-12H2,1H3/t17-,18+/m1/s1. The highest BCUT2D eigenvalue weighted by molar-refractivity contribution is 14.2. The molecule has 0 aromatic heterocycles. The van der Waals surface area contributed by atoms with Crippen LogP contribution in [-0.2, 0) is 27.2 Å². The molecule has 0 radical (unpaired) electrons. The van der Waals surface area contributed by atoms with Gasteiger partial charge in [0, 0.05) is 45.7 Å². The van der Waals surface area contributed by atoms with Crippen LogP contribution in [0.25, 0.3) is 0 Å². The molecule has 2 aromatic carbocycles. The van der Waals surface area contributed by atoms with Gasteiger partial charge in [0.2, 0.25) is 0 Å². The number of benzene rings is 2. The third kappa shape index (κ3) is 6.59. The molecule has 0 bridgehead atoms. The van der Waals surface area contributed by atoms with Gasteiger partial charge in [-0.25, -0.2) is 0 Å². The molecule has 0 amide bonds. The smallest absolute Gasteiger partial charge is 0.316 e. The summed E-state index contributed by atoms with van der Waals surface area (Å²) >= 11 is 4.06. The first-order valence-corrected chi connectivity index (χ1v) is 10.6. The first-order valence-electron chi connectivity index (χ1n) is 8.68. The Hall–Kier alpha value is -1.40. The van der Waals surface area contributed by atoms with Crippen molar-refractivity contribution in [3.8, 4) is 11.5 Å². The number of phenolic OH excluding ortho intramolecular Hbond substituents is 2. The minimum Gasteiger partial charge on any atom is -0.508 e. The third-order valence-electron chi connectivity index (χ3n) is 4.22. The van der Waals surface area contributed by atoms with E-state index >= 15 is 0 Å². The van der Waals surface area contributed by atoms with Crippen molar-refractivity contribution in [2.75, 3.05) is 6.61 Å². The van der Waals surface area contributed by atoms with E-state index < -0.39 is 17.9 Å². The molecule has 0 fully saturated rings. The van der Waals surface area contributed by atoms with Gasteiger partial charge in [0.05, 0.1) is 12.6 Å². The molecule has 0 heterocycles. The maximum atomic E-state index is 13.3. The topological polar surface area (TPSA) is 87.1 Å². The Morgan fingerprint density at radius 2 is 1.39 bits per heavy atom. The van der Waals surface area contributed by atoms with Crippen LogP contribution >= 0.6 is 45.7 Å². The zero-order valence-electron chi connectivity index (χ0n) is 15.2. The van der Waals surface area contributed by atoms with E-state index in [4.69, 9.17) is 4.74 Å². The summed E-state index contributed by atoms with van der Waals surface area (Å²) in [6, 6.07) is 12.5. The summed E-state index contributed by atoms with van der Waals surface area (Å²) in [7, 11) is 0. The van der Waals surface area contributed by atoms with Crippen LogP contribution < -0.4 is 0 Å². The molecule has 0 aliphatic carbocycles. The van der Waals surface area contributed by atoms with Crippen molar-refractivity contribution in [3.63, 3.8) is 0 Å². The fourth-order valence-corrected chi connectivity index (χ4v) is 3.71. The van der Waals surface area contributed by atoms with Crippen molar-refractivity contribution in [3.05, 3.63) is 59.7 Å². The third-order valence-corrected chi connectivity index (χ3v) is 5.57. The second kappa shape index (κ2) is 11.0. The normalized spacial score (nSPS) is 13.1. The number of Topliss-reactive ketones (excluding diaryl/α,β-unsaturated/α-hetero) is 1. The van der Waals surface area contributed by atoms with Crippen LogP contribution in [0.1, 0.15) is 18.1 Å². The lowest BCUT2D eigenvalue weighted by Crippen LogP contribution is -2.41. The molecule has 28 heavy (non-hydrogen) atoms. The van der Waals surface area contributed by atoms with Crippen molar-refractivity contribution in [1.82, 2.24) is 1.33 Å². The van der Waals surface area contributed by atoms with E-state index in [2.05, 4.69) is 0 Å². The summed E-state index contributed by atoms with van der Waals surface area (Å²) in [5, 5.41) is 18.9. The number of halogens is 2. The predicted octanol–water partition coefficient (Wildman–Crippen LogP) is 4.00. The molecule has 2 rings (SSSR count). The van der Waals surface area contributed by atoms with E-state index in [0.717, 1.165) is 11.1 Å². The fourth-order valence-electron chi connectivity index (χ4n) is 2.76. The van der Waals surface area contributed by atoms with E-state index in [-0.39, 0.29) is 30.3 Å². The highest BCUT2D eigenvalue weighted by atomic mass is 127. The molecular formula is C20H21I2NO5. The van der Waals surface area contributed by atoms with Crippen LogP contribution in [0.4, 0.5) is 0 Å². The van der Waals surface area contributed by atoms with E-state index in [9.17, 15) is 19.8 Å². The van der Waals surface area contributed by atoms with E-state index in [1.807, 2.05) is 45.7 Å². The Bertz CT molecular complexity index is 793. The SMILES string of the molecule is CCOC(=O)[C@H](Cc1ccc(O)cc1)C(=O)[C@H](Cc1ccc(O)cc1)N(I)I. The average molecular weight is 609 g/mol. The van der Waals surface area contributed by atoms with Gasteiger partial charge in [-0.2, -0.15) is 1.33 Å². The van der Waals surface area contributed by atoms with Crippen molar-refractivity contribution in [2.45, 2.75) is 25.8 Å². The van der Waals surface area contributed by atoms with Gasteiger partial charge < -0.3 is 14.9 Å².